The largest absolute Gasteiger partial charge is 0.398 e. The maximum absolute atomic E-state index is 6.83. The number of fused-ring (bicyclic) bond motifs is 1. The molecule has 3 unspecified atom stereocenters. The van der Waals surface area contributed by atoms with Crippen LogP contribution in [0, 0.1) is 5.92 Å². The zero-order valence-electron chi connectivity index (χ0n) is 28.0. The fourth-order valence-electron chi connectivity index (χ4n) is 7.33. The lowest BCUT2D eigenvalue weighted by Crippen LogP contribution is -2.38. The summed E-state index contributed by atoms with van der Waals surface area (Å²) >= 11 is 0. The number of nitrogens with two attached hydrogens (primary N) is 1. The molecular weight excluding hydrogens is 555 g/mol. The van der Waals surface area contributed by atoms with E-state index in [0.717, 1.165) is 48.1 Å². The van der Waals surface area contributed by atoms with Gasteiger partial charge in [0.05, 0.1) is 5.41 Å². The van der Waals surface area contributed by atoms with Crippen LogP contribution in [0.1, 0.15) is 70.4 Å². The van der Waals surface area contributed by atoms with E-state index in [4.69, 9.17) is 12.3 Å². The van der Waals surface area contributed by atoms with E-state index in [1.165, 1.54) is 44.6 Å². The standard InChI is InChI=1S/C45H47N/c1-8-10-18-31(3)32(4)25-26-34(6)45(41-23-16-17-24-43(41)46)35(7)27-33(5)40-29-36(30-42(40)45)28-37(9-2)44(39-21-14-15-22-39)38-19-12-11-13-20-38/h8,11-14,16-24,26,28,30,33,44H,1,4,7,9-10,25,27,46H2,2-3,5-6H3/b31-18+,34-26+,37-28+. The Morgan fingerprint density at radius 2 is 1.83 bits per heavy atom. The van der Waals surface area contributed by atoms with E-state index in [2.05, 4.69) is 131 Å². The number of nitrogen functional groups attached to an aromatic ring is 1. The lowest BCUT2D eigenvalue weighted by molar-refractivity contribution is 0.532. The molecule has 0 amide bonds. The Morgan fingerprint density at radius 1 is 1.09 bits per heavy atom. The van der Waals surface area contributed by atoms with Gasteiger partial charge < -0.3 is 5.73 Å². The Morgan fingerprint density at radius 3 is 2.50 bits per heavy atom. The molecule has 3 atom stereocenters. The lowest BCUT2D eigenvalue weighted by Gasteiger charge is -2.46. The number of hydrogen-bond acceptors (Lipinski definition) is 1. The monoisotopic (exact) mass is 601 g/mol. The Balaban J connectivity index is 1.65. The topological polar surface area (TPSA) is 26.0 Å². The predicted octanol–water partition coefficient (Wildman–Crippen LogP) is 11.7. The minimum atomic E-state index is -0.555. The third kappa shape index (κ3) is 6.18. The molecule has 0 aromatic heterocycles. The van der Waals surface area contributed by atoms with Gasteiger partial charge in [-0.1, -0.05) is 116 Å². The quantitative estimate of drug-likeness (QED) is 0.111. The summed E-state index contributed by atoms with van der Waals surface area (Å²) < 4.78 is 0. The molecule has 0 radical (unpaired) electrons. The predicted molar refractivity (Wildman–Crippen MR) is 198 cm³/mol. The fraction of sp³-hybridized carbons (Fsp3) is 0.244. The smallest absolute Gasteiger partial charge is 0.0645 e. The fourth-order valence-corrected chi connectivity index (χ4v) is 7.33. The first-order valence-corrected chi connectivity index (χ1v) is 16.5. The second-order valence-corrected chi connectivity index (χ2v) is 12.8. The SMILES string of the molecule is C=CC/C=C(\C)C(=C)C/C=C(\C)C1(c2ccccc2N)C(=C)CC(C)C2=C=C(/C=C(\CC)C(C3=CC=C=C3)c3ccccc3)C=C21. The maximum Gasteiger partial charge on any atom is 0.0645 e. The lowest BCUT2D eigenvalue weighted by atomic mass is 9.56. The molecule has 0 heterocycles. The van der Waals surface area contributed by atoms with Gasteiger partial charge in [-0.15, -0.1) is 18.0 Å². The van der Waals surface area contributed by atoms with Crippen LogP contribution < -0.4 is 5.73 Å². The number of allylic oxidation sites excluding steroid dienone is 15. The van der Waals surface area contributed by atoms with Gasteiger partial charge in [-0.3, -0.25) is 0 Å². The van der Waals surface area contributed by atoms with Crippen LogP contribution in [0.4, 0.5) is 5.69 Å². The molecule has 1 nitrogen and oxygen atoms in total. The molecule has 0 aliphatic heterocycles. The van der Waals surface area contributed by atoms with Crippen LogP contribution >= 0.6 is 0 Å². The molecule has 232 valence electrons. The number of hydrogen-bond donors (Lipinski definition) is 1. The van der Waals surface area contributed by atoms with E-state index >= 15 is 0 Å². The zero-order chi connectivity index (χ0) is 32.8. The summed E-state index contributed by atoms with van der Waals surface area (Å²) in [7, 11) is 0. The highest BCUT2D eigenvalue weighted by molar-refractivity contribution is 5.72. The first-order valence-electron chi connectivity index (χ1n) is 16.5. The van der Waals surface area contributed by atoms with Crippen molar-refractivity contribution in [3.8, 4) is 0 Å². The van der Waals surface area contributed by atoms with E-state index in [9.17, 15) is 0 Å². The Bertz CT molecular complexity index is 1850. The highest BCUT2D eigenvalue weighted by Crippen LogP contribution is 2.57. The highest BCUT2D eigenvalue weighted by Gasteiger charge is 2.48. The number of para-hydroxylation sites is 1. The number of rotatable bonds is 12. The summed E-state index contributed by atoms with van der Waals surface area (Å²) in [6.45, 7) is 22.0. The van der Waals surface area contributed by atoms with Crippen LogP contribution in [0.2, 0.25) is 0 Å². The molecular formula is C45H47N. The minimum Gasteiger partial charge on any atom is -0.398 e. The van der Waals surface area contributed by atoms with Crippen molar-refractivity contribution in [1.29, 1.82) is 0 Å². The summed E-state index contributed by atoms with van der Waals surface area (Å²) in [5.74, 6) is 0.457. The van der Waals surface area contributed by atoms with Crippen molar-refractivity contribution in [3.05, 3.63) is 196 Å². The van der Waals surface area contributed by atoms with Gasteiger partial charge in [0.25, 0.3) is 0 Å². The van der Waals surface area contributed by atoms with Crippen LogP contribution in [-0.2, 0) is 5.41 Å². The van der Waals surface area contributed by atoms with Gasteiger partial charge >= 0.3 is 0 Å². The van der Waals surface area contributed by atoms with Crippen molar-refractivity contribution in [2.24, 2.45) is 5.92 Å². The van der Waals surface area contributed by atoms with Gasteiger partial charge in [0.2, 0.25) is 0 Å². The van der Waals surface area contributed by atoms with Crippen molar-refractivity contribution in [2.45, 2.75) is 64.7 Å². The Kier molecular flexibility index (Phi) is 9.99. The first kappa shape index (κ1) is 32.6. The third-order valence-electron chi connectivity index (χ3n) is 9.82. The van der Waals surface area contributed by atoms with E-state index in [0.29, 0.717) is 5.92 Å². The maximum atomic E-state index is 6.83. The molecule has 2 aromatic carbocycles. The highest BCUT2D eigenvalue weighted by atomic mass is 14.6. The average Bonchev–Trinajstić information content (AvgIpc) is 3.75. The van der Waals surface area contributed by atoms with Crippen LogP contribution in [-0.4, -0.2) is 0 Å². The second-order valence-electron chi connectivity index (χ2n) is 12.8. The molecule has 5 rings (SSSR count). The summed E-state index contributed by atoms with van der Waals surface area (Å²) in [5, 5.41) is 0. The van der Waals surface area contributed by atoms with E-state index < -0.39 is 5.41 Å². The van der Waals surface area contributed by atoms with Crippen molar-refractivity contribution in [3.63, 3.8) is 0 Å². The van der Waals surface area contributed by atoms with Gasteiger partial charge in [0.15, 0.2) is 0 Å². The van der Waals surface area contributed by atoms with Gasteiger partial charge in [-0.05, 0) is 110 Å². The van der Waals surface area contributed by atoms with Crippen molar-refractivity contribution >= 4 is 5.69 Å². The summed E-state index contributed by atoms with van der Waals surface area (Å²) in [6.07, 6.45) is 20.9. The average molecular weight is 602 g/mol. The molecule has 0 bridgehead atoms. The molecule has 1 fully saturated rings. The van der Waals surface area contributed by atoms with Gasteiger partial charge in [-0.25, -0.2) is 0 Å². The van der Waals surface area contributed by atoms with Crippen LogP contribution in [0.15, 0.2) is 185 Å². The van der Waals surface area contributed by atoms with Gasteiger partial charge in [0.1, 0.15) is 0 Å². The van der Waals surface area contributed by atoms with Crippen molar-refractivity contribution in [2.75, 3.05) is 5.73 Å². The molecule has 0 saturated heterocycles. The summed E-state index contributed by atoms with van der Waals surface area (Å²) in [6, 6.07) is 19.1. The van der Waals surface area contributed by atoms with Crippen LogP contribution in [0.3, 0.4) is 0 Å². The number of anilines is 1. The van der Waals surface area contributed by atoms with Crippen LogP contribution in [0.25, 0.3) is 0 Å². The van der Waals surface area contributed by atoms with E-state index in [1.807, 2.05) is 24.3 Å². The van der Waals surface area contributed by atoms with E-state index in [1.54, 1.807) is 0 Å². The molecule has 3 aliphatic carbocycles. The van der Waals surface area contributed by atoms with Gasteiger partial charge in [0, 0.05) is 22.8 Å². The molecule has 1 heteroatoms. The number of benzene rings is 2. The molecule has 3 aliphatic rings. The first-order chi connectivity index (χ1) is 22.2. The Hall–Kier alpha value is -4.80. The molecule has 2 aromatic rings. The molecule has 46 heavy (non-hydrogen) atoms. The molecule has 0 spiro atoms. The normalized spacial score (nSPS) is 21.8. The molecule has 1 saturated carbocycles. The summed E-state index contributed by atoms with van der Waals surface area (Å²) in [5.41, 5.74) is 27.5. The zero-order valence-corrected chi connectivity index (χ0v) is 28.0. The van der Waals surface area contributed by atoms with Gasteiger partial charge in [-0.2, -0.15) is 0 Å². The Labute approximate surface area is 277 Å². The third-order valence-corrected chi connectivity index (χ3v) is 9.82. The molecule has 2 N–H and O–H groups in total. The van der Waals surface area contributed by atoms with E-state index in [-0.39, 0.29) is 5.92 Å². The minimum absolute atomic E-state index is 0.157. The summed E-state index contributed by atoms with van der Waals surface area (Å²) in [4.78, 5) is 0. The van der Waals surface area contributed by atoms with Crippen molar-refractivity contribution in [1.82, 2.24) is 0 Å². The van der Waals surface area contributed by atoms with Crippen LogP contribution in [0.5, 0.6) is 0 Å². The second kappa shape index (κ2) is 14.1. The van der Waals surface area contributed by atoms with Crippen molar-refractivity contribution < 1.29 is 0 Å².